The van der Waals surface area contributed by atoms with Gasteiger partial charge in [-0.15, -0.1) is 0 Å². The quantitative estimate of drug-likeness (QED) is 0.247. The smallest absolute Gasteiger partial charge is 0.339 e. The number of rotatable bonds is 7. The molecule has 0 atom stereocenters. The third kappa shape index (κ3) is 4.45. The predicted molar refractivity (Wildman–Crippen MR) is 139 cm³/mol. The van der Waals surface area contributed by atoms with Crippen LogP contribution in [0.2, 0.25) is 0 Å². The average molecular weight is 480 g/mol. The van der Waals surface area contributed by atoms with Gasteiger partial charge in [0.25, 0.3) is 0 Å². The lowest BCUT2D eigenvalue weighted by molar-refractivity contribution is 0.0475. The Morgan fingerprint density at radius 3 is 2.42 bits per heavy atom. The third-order valence-corrected chi connectivity index (χ3v) is 6.32. The van der Waals surface area contributed by atoms with E-state index < -0.39 is 5.97 Å². The van der Waals surface area contributed by atoms with Crippen molar-refractivity contribution in [3.63, 3.8) is 0 Å². The maximum atomic E-state index is 13.3. The number of aromatic nitrogens is 1. The fourth-order valence-corrected chi connectivity index (χ4v) is 4.57. The number of hydrogen-bond donors (Lipinski definition) is 0. The number of Topliss-reactive ketones (excluding diaryl/α,β-unsaturated/α-hetero) is 1. The second-order valence-corrected chi connectivity index (χ2v) is 8.48. The molecule has 0 saturated carbocycles. The highest BCUT2D eigenvalue weighted by molar-refractivity contribution is 6.08. The maximum absolute atomic E-state index is 13.3. The topological polar surface area (TPSA) is 74.7 Å². The number of allylic oxidation sites excluding steroid dienone is 1. The van der Waals surface area contributed by atoms with Crippen LogP contribution in [-0.4, -0.2) is 37.6 Å². The van der Waals surface area contributed by atoms with Gasteiger partial charge in [0.1, 0.15) is 0 Å². The van der Waals surface area contributed by atoms with Gasteiger partial charge in [0.05, 0.1) is 31.0 Å². The summed E-state index contributed by atoms with van der Waals surface area (Å²) >= 11 is 0. The number of esters is 1. The summed E-state index contributed by atoms with van der Waals surface area (Å²) in [6.45, 7) is -0.317. The molecule has 0 bridgehead atoms. The molecule has 0 spiro atoms. The van der Waals surface area contributed by atoms with Crippen molar-refractivity contribution in [1.82, 2.24) is 4.98 Å². The minimum Gasteiger partial charge on any atom is -0.493 e. The van der Waals surface area contributed by atoms with Crippen molar-refractivity contribution in [2.45, 2.75) is 12.8 Å². The molecular weight excluding hydrogens is 454 g/mol. The first-order valence-corrected chi connectivity index (χ1v) is 11.7. The number of pyridine rings is 1. The van der Waals surface area contributed by atoms with E-state index in [-0.39, 0.29) is 12.4 Å². The van der Waals surface area contributed by atoms with E-state index in [4.69, 9.17) is 19.2 Å². The van der Waals surface area contributed by atoms with Crippen molar-refractivity contribution in [1.29, 1.82) is 0 Å². The number of ketones is 1. The molecule has 4 aromatic rings. The number of carbonyl (C=O) groups is 2. The van der Waals surface area contributed by atoms with E-state index in [2.05, 4.69) is 6.08 Å². The maximum Gasteiger partial charge on any atom is 0.339 e. The van der Waals surface area contributed by atoms with Crippen LogP contribution in [0.4, 0.5) is 0 Å². The van der Waals surface area contributed by atoms with E-state index in [1.54, 1.807) is 38.5 Å². The van der Waals surface area contributed by atoms with Crippen LogP contribution in [0.1, 0.15) is 44.0 Å². The summed E-state index contributed by atoms with van der Waals surface area (Å²) in [7, 11) is 3.21. The molecule has 1 aliphatic carbocycles. The molecule has 0 amide bonds. The van der Waals surface area contributed by atoms with E-state index in [0.717, 1.165) is 34.2 Å². The lowest BCUT2D eigenvalue weighted by atomic mass is 10.0. The Hall–Kier alpha value is -4.45. The Bertz CT molecular complexity index is 1490. The zero-order valence-electron chi connectivity index (χ0n) is 20.1. The zero-order chi connectivity index (χ0) is 25.1. The zero-order valence-corrected chi connectivity index (χ0v) is 20.1. The van der Waals surface area contributed by atoms with Crippen LogP contribution in [0.3, 0.4) is 0 Å². The third-order valence-electron chi connectivity index (χ3n) is 6.32. The molecule has 0 fully saturated rings. The van der Waals surface area contributed by atoms with Gasteiger partial charge in [0.2, 0.25) is 0 Å². The van der Waals surface area contributed by atoms with Crippen molar-refractivity contribution in [3.8, 4) is 11.5 Å². The molecule has 5 rings (SSSR count). The summed E-state index contributed by atoms with van der Waals surface area (Å²) in [5, 5.41) is 0.723. The SMILES string of the molecule is COc1ccc(C=C2CCc3c2nc2ccccc2c3C(=O)OCC(=O)c2ccccc2)cc1OC. The number of nitrogens with zero attached hydrogens (tertiary/aromatic N) is 1. The Balaban J connectivity index is 1.50. The van der Waals surface area contributed by atoms with Gasteiger partial charge >= 0.3 is 5.97 Å². The van der Waals surface area contributed by atoms with Gasteiger partial charge in [-0.3, -0.25) is 4.79 Å². The van der Waals surface area contributed by atoms with E-state index >= 15 is 0 Å². The average Bonchev–Trinajstić information content (AvgIpc) is 3.32. The van der Waals surface area contributed by atoms with Gasteiger partial charge in [-0.05, 0) is 53.8 Å². The molecule has 180 valence electrons. The van der Waals surface area contributed by atoms with Crippen molar-refractivity contribution in [2.24, 2.45) is 0 Å². The Morgan fingerprint density at radius 2 is 1.64 bits per heavy atom. The number of benzene rings is 3. The van der Waals surface area contributed by atoms with Crippen molar-refractivity contribution >= 4 is 34.3 Å². The van der Waals surface area contributed by atoms with E-state index in [1.807, 2.05) is 48.5 Å². The molecule has 6 heteroatoms. The van der Waals surface area contributed by atoms with Gasteiger partial charge < -0.3 is 14.2 Å². The van der Waals surface area contributed by atoms with Crippen LogP contribution >= 0.6 is 0 Å². The predicted octanol–water partition coefficient (Wildman–Crippen LogP) is 5.78. The minimum atomic E-state index is -0.513. The molecule has 0 unspecified atom stereocenters. The van der Waals surface area contributed by atoms with Gasteiger partial charge in [0.15, 0.2) is 23.9 Å². The molecule has 36 heavy (non-hydrogen) atoms. The first-order chi connectivity index (χ1) is 17.6. The van der Waals surface area contributed by atoms with E-state index in [9.17, 15) is 9.59 Å². The van der Waals surface area contributed by atoms with Gasteiger partial charge in [0, 0.05) is 10.9 Å². The standard InChI is InChI=1S/C30H25NO5/c1-34-26-15-12-19(17-27(26)35-2)16-21-13-14-23-28(22-10-6-7-11-24(22)31-29(21)23)30(33)36-18-25(32)20-8-4-3-5-9-20/h3-12,15-17H,13-14,18H2,1-2H3. The molecule has 0 N–H and O–H groups in total. The van der Waals surface area contributed by atoms with Crippen LogP contribution < -0.4 is 9.47 Å². The molecule has 0 aliphatic heterocycles. The fraction of sp³-hybridized carbons (Fsp3) is 0.167. The van der Waals surface area contributed by atoms with E-state index in [1.165, 1.54) is 0 Å². The first kappa shape index (κ1) is 23.3. The summed E-state index contributed by atoms with van der Waals surface area (Å²) in [5.41, 5.74) is 5.29. The van der Waals surface area contributed by atoms with Crippen LogP contribution in [0.25, 0.3) is 22.6 Å². The van der Waals surface area contributed by atoms with Gasteiger partial charge in [-0.2, -0.15) is 0 Å². The molecule has 1 aromatic heterocycles. The molecule has 0 radical (unpaired) electrons. The second kappa shape index (κ2) is 10.0. The number of carbonyl (C=O) groups excluding carboxylic acids is 2. The highest BCUT2D eigenvalue weighted by Gasteiger charge is 2.28. The van der Waals surface area contributed by atoms with Crippen molar-refractivity contribution in [2.75, 3.05) is 20.8 Å². The summed E-state index contributed by atoms with van der Waals surface area (Å²) in [5.74, 6) is 0.545. The molecule has 3 aromatic carbocycles. The Kier molecular flexibility index (Phi) is 6.50. The number of methoxy groups -OCH3 is 2. The molecule has 1 heterocycles. The number of ether oxygens (including phenoxy) is 3. The normalized spacial score (nSPS) is 13.4. The highest BCUT2D eigenvalue weighted by atomic mass is 16.5. The molecule has 0 saturated heterocycles. The Labute approximate surface area is 209 Å². The summed E-state index contributed by atoms with van der Waals surface area (Å²) < 4.78 is 16.3. The highest BCUT2D eigenvalue weighted by Crippen LogP contribution is 2.38. The summed E-state index contributed by atoms with van der Waals surface area (Å²) in [6, 6.07) is 22.1. The first-order valence-electron chi connectivity index (χ1n) is 11.7. The molecule has 1 aliphatic rings. The van der Waals surface area contributed by atoms with Crippen molar-refractivity contribution < 1.29 is 23.8 Å². The van der Waals surface area contributed by atoms with E-state index in [0.29, 0.717) is 34.6 Å². The second-order valence-electron chi connectivity index (χ2n) is 8.48. The number of hydrogen-bond acceptors (Lipinski definition) is 6. The number of para-hydroxylation sites is 1. The Morgan fingerprint density at radius 1 is 0.889 bits per heavy atom. The van der Waals surface area contributed by atoms with Crippen LogP contribution in [0.15, 0.2) is 72.8 Å². The largest absolute Gasteiger partial charge is 0.493 e. The lowest BCUT2D eigenvalue weighted by Gasteiger charge is -2.12. The van der Waals surface area contributed by atoms with Gasteiger partial charge in [-0.25, -0.2) is 9.78 Å². The summed E-state index contributed by atoms with van der Waals surface area (Å²) in [4.78, 5) is 30.7. The molecule has 6 nitrogen and oxygen atoms in total. The summed E-state index contributed by atoms with van der Waals surface area (Å²) in [6.07, 6.45) is 3.45. The lowest BCUT2D eigenvalue weighted by Crippen LogP contribution is -2.16. The van der Waals surface area contributed by atoms with Crippen molar-refractivity contribution in [3.05, 3.63) is 101 Å². The minimum absolute atomic E-state index is 0.243. The van der Waals surface area contributed by atoms with Crippen LogP contribution in [0.5, 0.6) is 11.5 Å². The van der Waals surface area contributed by atoms with Crippen LogP contribution in [-0.2, 0) is 11.2 Å². The fourth-order valence-electron chi connectivity index (χ4n) is 4.57. The van der Waals surface area contributed by atoms with Crippen LogP contribution in [0, 0.1) is 0 Å². The van der Waals surface area contributed by atoms with Gasteiger partial charge in [-0.1, -0.05) is 54.6 Å². The molecular formula is C30H25NO5. The monoisotopic (exact) mass is 479 g/mol. The number of fused-ring (bicyclic) bond motifs is 2.